The summed E-state index contributed by atoms with van der Waals surface area (Å²) in [4.78, 5) is 4.79. The molecule has 0 spiro atoms. The zero-order valence-corrected chi connectivity index (χ0v) is 3.64. The third kappa shape index (κ3) is 0.518. The van der Waals surface area contributed by atoms with Crippen LogP contribution in [0.5, 0.6) is 0 Å². The fourth-order valence-corrected chi connectivity index (χ4v) is 0.361. The molecule has 1 aliphatic rings. The largest absolute Gasteiger partial charge is 0.274 e. The van der Waals surface area contributed by atoms with Gasteiger partial charge in [-0.15, -0.1) is 0 Å². The van der Waals surface area contributed by atoms with Crippen molar-refractivity contribution in [2.24, 2.45) is 0 Å². The molecule has 0 saturated carbocycles. The average Bonchev–Trinajstić information content (AvgIpc) is 1.86. The molecule has 0 aromatic heterocycles. The van der Waals surface area contributed by atoms with Crippen molar-refractivity contribution in [3.63, 3.8) is 0 Å². The Labute approximate surface area is 36.8 Å². The summed E-state index contributed by atoms with van der Waals surface area (Å²) in [5.41, 5.74) is 2.59. The second-order valence-electron chi connectivity index (χ2n) is 1.30. The molecule has 1 atom stereocenters. The molecule has 0 fully saturated rings. The molecule has 34 valence electrons. The Morgan fingerprint density at radius 3 is 2.83 bits per heavy atom. The summed E-state index contributed by atoms with van der Waals surface area (Å²) in [5.74, 6) is 0. The molecule has 0 amide bonds. The van der Waals surface area contributed by atoms with Gasteiger partial charge >= 0.3 is 0 Å². The minimum atomic E-state index is 0.255. The van der Waals surface area contributed by atoms with Crippen LogP contribution in [0.3, 0.4) is 0 Å². The number of hydroxylamine groups is 1. The van der Waals surface area contributed by atoms with E-state index in [9.17, 15) is 0 Å². The van der Waals surface area contributed by atoms with Gasteiger partial charge in [0.1, 0.15) is 6.10 Å². The standard InChI is InChI=1S/C4H7NO/c1-4-2-3-5-6-4/h2-5H,1H3. The average molecular weight is 85.1 g/mol. The maximum Gasteiger partial charge on any atom is 0.102 e. The van der Waals surface area contributed by atoms with E-state index in [1.807, 2.05) is 13.0 Å². The van der Waals surface area contributed by atoms with E-state index >= 15 is 0 Å². The topological polar surface area (TPSA) is 21.3 Å². The molecule has 2 nitrogen and oxygen atoms in total. The lowest BCUT2D eigenvalue weighted by Gasteiger charge is -1.94. The van der Waals surface area contributed by atoms with E-state index in [0.29, 0.717) is 0 Å². The Balaban J connectivity index is 2.38. The van der Waals surface area contributed by atoms with Crippen LogP contribution in [0, 0.1) is 0 Å². The maximum atomic E-state index is 4.79. The highest BCUT2D eigenvalue weighted by Gasteiger charge is 1.97. The number of hydrogen-bond donors (Lipinski definition) is 1. The Morgan fingerprint density at radius 1 is 1.83 bits per heavy atom. The van der Waals surface area contributed by atoms with Crippen LogP contribution >= 0.6 is 0 Å². The van der Waals surface area contributed by atoms with Crippen LogP contribution in [0.4, 0.5) is 0 Å². The van der Waals surface area contributed by atoms with E-state index in [-0.39, 0.29) is 6.10 Å². The molecular formula is C4H7NO. The first-order chi connectivity index (χ1) is 2.89. The lowest BCUT2D eigenvalue weighted by atomic mass is 10.4. The highest BCUT2D eigenvalue weighted by Crippen LogP contribution is 1.93. The first-order valence-electron chi connectivity index (χ1n) is 1.97. The second kappa shape index (κ2) is 1.30. The summed E-state index contributed by atoms with van der Waals surface area (Å²) in [5, 5.41) is 0. The van der Waals surface area contributed by atoms with Gasteiger partial charge in [-0.1, -0.05) is 0 Å². The van der Waals surface area contributed by atoms with Gasteiger partial charge in [0.25, 0.3) is 0 Å². The number of rotatable bonds is 0. The maximum absolute atomic E-state index is 4.79. The molecule has 0 saturated heterocycles. The molecule has 0 aromatic carbocycles. The predicted octanol–water partition coefficient (Wildman–Crippen LogP) is 0.423. The smallest absolute Gasteiger partial charge is 0.102 e. The minimum Gasteiger partial charge on any atom is -0.274 e. The van der Waals surface area contributed by atoms with E-state index in [4.69, 9.17) is 4.84 Å². The zero-order valence-electron chi connectivity index (χ0n) is 3.64. The Bertz CT molecular complexity index is 69.9. The third-order valence-corrected chi connectivity index (χ3v) is 0.689. The Hall–Kier alpha value is -0.500. The lowest BCUT2D eigenvalue weighted by molar-refractivity contribution is 0.0583. The highest BCUT2D eigenvalue weighted by atomic mass is 16.7. The Morgan fingerprint density at radius 2 is 2.67 bits per heavy atom. The van der Waals surface area contributed by atoms with E-state index < -0.39 is 0 Å². The van der Waals surface area contributed by atoms with Gasteiger partial charge in [0, 0.05) is 6.20 Å². The van der Waals surface area contributed by atoms with Crippen molar-refractivity contribution in [1.29, 1.82) is 0 Å². The van der Waals surface area contributed by atoms with Crippen LogP contribution in [0.15, 0.2) is 12.3 Å². The fourth-order valence-electron chi connectivity index (χ4n) is 0.361. The molecule has 2 heteroatoms. The van der Waals surface area contributed by atoms with Gasteiger partial charge in [0.2, 0.25) is 0 Å². The molecule has 1 heterocycles. The number of hydrogen-bond acceptors (Lipinski definition) is 2. The molecule has 0 aromatic rings. The van der Waals surface area contributed by atoms with Gasteiger partial charge in [-0.2, -0.15) is 0 Å². The van der Waals surface area contributed by atoms with E-state index in [1.165, 1.54) is 0 Å². The normalized spacial score (nSPS) is 30.5. The summed E-state index contributed by atoms with van der Waals surface area (Å²) < 4.78 is 0. The lowest BCUT2D eigenvalue weighted by Crippen LogP contribution is -2.04. The monoisotopic (exact) mass is 85.1 g/mol. The zero-order chi connectivity index (χ0) is 4.41. The van der Waals surface area contributed by atoms with Crippen molar-refractivity contribution in [2.45, 2.75) is 13.0 Å². The van der Waals surface area contributed by atoms with Gasteiger partial charge < -0.3 is 0 Å². The summed E-state index contributed by atoms with van der Waals surface area (Å²) in [6, 6.07) is 0. The van der Waals surface area contributed by atoms with Crippen LogP contribution in [0.2, 0.25) is 0 Å². The molecule has 1 rings (SSSR count). The molecule has 1 unspecified atom stereocenters. The van der Waals surface area contributed by atoms with Crippen molar-refractivity contribution in [2.75, 3.05) is 0 Å². The molecule has 1 N–H and O–H groups in total. The molecule has 0 radical (unpaired) electrons. The fraction of sp³-hybridized carbons (Fsp3) is 0.500. The molecule has 1 aliphatic heterocycles. The number of nitrogens with one attached hydrogen (secondary N) is 1. The summed E-state index contributed by atoms with van der Waals surface area (Å²) in [6.45, 7) is 1.97. The van der Waals surface area contributed by atoms with Gasteiger partial charge in [-0.3, -0.25) is 10.3 Å². The van der Waals surface area contributed by atoms with Crippen LogP contribution in [0.25, 0.3) is 0 Å². The summed E-state index contributed by atoms with van der Waals surface area (Å²) in [7, 11) is 0. The molecule has 0 aliphatic carbocycles. The quantitative estimate of drug-likeness (QED) is 0.460. The van der Waals surface area contributed by atoms with E-state index in [2.05, 4.69) is 5.48 Å². The van der Waals surface area contributed by atoms with Gasteiger partial charge in [0.15, 0.2) is 0 Å². The SMILES string of the molecule is CC1C=CNO1. The van der Waals surface area contributed by atoms with Crippen molar-refractivity contribution in [3.8, 4) is 0 Å². The summed E-state index contributed by atoms with van der Waals surface area (Å²) in [6.07, 6.45) is 3.98. The highest BCUT2D eigenvalue weighted by molar-refractivity contribution is 4.87. The van der Waals surface area contributed by atoms with Gasteiger partial charge in [-0.25, -0.2) is 0 Å². The Kier molecular flexibility index (Phi) is 0.801. The van der Waals surface area contributed by atoms with Gasteiger partial charge in [-0.05, 0) is 13.0 Å². The van der Waals surface area contributed by atoms with Crippen LogP contribution < -0.4 is 5.48 Å². The van der Waals surface area contributed by atoms with Crippen LogP contribution in [-0.2, 0) is 4.84 Å². The van der Waals surface area contributed by atoms with Crippen molar-refractivity contribution >= 4 is 0 Å². The van der Waals surface area contributed by atoms with Crippen molar-refractivity contribution in [1.82, 2.24) is 5.48 Å². The molecular weight excluding hydrogens is 78.0 g/mol. The molecule has 0 bridgehead atoms. The van der Waals surface area contributed by atoms with Crippen LogP contribution in [-0.4, -0.2) is 6.10 Å². The first-order valence-corrected chi connectivity index (χ1v) is 1.97. The van der Waals surface area contributed by atoms with E-state index in [1.54, 1.807) is 6.20 Å². The molecule has 6 heavy (non-hydrogen) atoms. The predicted molar refractivity (Wildman–Crippen MR) is 22.8 cm³/mol. The van der Waals surface area contributed by atoms with Crippen molar-refractivity contribution < 1.29 is 4.84 Å². The minimum absolute atomic E-state index is 0.255. The second-order valence-corrected chi connectivity index (χ2v) is 1.30. The summed E-state index contributed by atoms with van der Waals surface area (Å²) >= 11 is 0. The first kappa shape index (κ1) is 3.68. The third-order valence-electron chi connectivity index (χ3n) is 0.689. The van der Waals surface area contributed by atoms with E-state index in [0.717, 1.165) is 0 Å². The van der Waals surface area contributed by atoms with Gasteiger partial charge in [0.05, 0.1) is 0 Å². The van der Waals surface area contributed by atoms with Crippen LogP contribution in [0.1, 0.15) is 6.92 Å². The van der Waals surface area contributed by atoms with Crippen molar-refractivity contribution in [3.05, 3.63) is 12.3 Å².